The molecule has 0 bridgehead atoms. The van der Waals surface area contributed by atoms with Crippen molar-refractivity contribution in [1.82, 2.24) is 10.2 Å². The number of carbonyl (C=O) groups excluding carboxylic acids is 2. The first-order chi connectivity index (χ1) is 11.0. The maximum absolute atomic E-state index is 11.4. The number of hydrogen-bond acceptors (Lipinski definition) is 7. The van der Waals surface area contributed by atoms with E-state index in [1.54, 1.807) is 0 Å². The summed E-state index contributed by atoms with van der Waals surface area (Å²) in [4.78, 5) is 24.2. The molecular formula is C15H20N2O6. The number of aliphatic hydroxyl groups excluding tert-OH is 1. The van der Waals surface area contributed by atoms with Crippen LogP contribution in [-0.4, -0.2) is 58.4 Å². The Morgan fingerprint density at radius 3 is 2.83 bits per heavy atom. The highest BCUT2D eigenvalue weighted by molar-refractivity contribution is 5.88. The summed E-state index contributed by atoms with van der Waals surface area (Å²) in [7, 11) is 0. The Morgan fingerprint density at radius 2 is 2.17 bits per heavy atom. The van der Waals surface area contributed by atoms with Crippen LogP contribution in [0.4, 0.5) is 0 Å². The summed E-state index contributed by atoms with van der Waals surface area (Å²) in [5.74, 6) is -1.06. The topological polar surface area (TPSA) is 97.3 Å². The van der Waals surface area contributed by atoms with Gasteiger partial charge in [0, 0.05) is 25.1 Å². The van der Waals surface area contributed by atoms with Crippen LogP contribution in [0, 0.1) is 0 Å². The number of rotatable bonds is 2. The lowest BCUT2D eigenvalue weighted by Gasteiger charge is -2.40. The van der Waals surface area contributed by atoms with E-state index in [4.69, 9.17) is 14.2 Å². The van der Waals surface area contributed by atoms with Gasteiger partial charge in [0.15, 0.2) is 18.3 Å². The number of amides is 1. The lowest BCUT2D eigenvalue weighted by Crippen LogP contribution is -2.59. The zero-order chi connectivity index (χ0) is 16.2. The van der Waals surface area contributed by atoms with E-state index in [1.807, 2.05) is 6.92 Å². The molecule has 1 aliphatic carbocycles. The molecule has 8 nitrogen and oxygen atoms in total. The van der Waals surface area contributed by atoms with Gasteiger partial charge < -0.3 is 34.3 Å². The first-order valence-corrected chi connectivity index (χ1v) is 7.90. The summed E-state index contributed by atoms with van der Waals surface area (Å²) in [5, 5.41) is 12.5. The van der Waals surface area contributed by atoms with E-state index in [0.717, 1.165) is 25.7 Å². The van der Waals surface area contributed by atoms with Crippen molar-refractivity contribution < 1.29 is 28.9 Å². The number of carbonyl (C=O) groups is 2. The van der Waals surface area contributed by atoms with Crippen LogP contribution < -0.4 is 5.32 Å². The van der Waals surface area contributed by atoms with Crippen LogP contribution in [0.25, 0.3) is 0 Å². The number of aliphatic hydroxyl groups is 1. The van der Waals surface area contributed by atoms with Gasteiger partial charge in [0.25, 0.3) is 0 Å². The van der Waals surface area contributed by atoms with Gasteiger partial charge in [-0.1, -0.05) is 0 Å². The molecule has 1 unspecified atom stereocenters. The molecule has 4 rings (SSSR count). The highest BCUT2D eigenvalue weighted by Gasteiger charge is 2.67. The Hall–Kier alpha value is -1.48. The molecule has 0 radical (unpaired) electrons. The maximum atomic E-state index is 11.4. The van der Waals surface area contributed by atoms with Gasteiger partial charge in [-0.05, 0) is 19.8 Å². The summed E-state index contributed by atoms with van der Waals surface area (Å²) < 4.78 is 18.2. The Balaban J connectivity index is 1.67. The van der Waals surface area contributed by atoms with Crippen LogP contribution in [0.3, 0.4) is 0 Å². The van der Waals surface area contributed by atoms with E-state index in [0.29, 0.717) is 6.29 Å². The number of fused-ring (bicyclic) bond motifs is 1. The standard InChI is InChI=1S/C15H20N2O6/c1-14-11(22-15(23-14)5-2-3-6-15)9(8-18)21-12(14)17-7-4-10(19)16-13(17)20/h4,7-9,11-13,20H,2-3,5-6H2,1H3,(H,16,19)/t9-,11-,12-,13?,14-/m1/s1. The average molecular weight is 324 g/mol. The van der Waals surface area contributed by atoms with Crippen molar-refractivity contribution in [1.29, 1.82) is 0 Å². The van der Waals surface area contributed by atoms with E-state index in [1.165, 1.54) is 17.2 Å². The zero-order valence-electron chi connectivity index (χ0n) is 12.8. The van der Waals surface area contributed by atoms with E-state index in [2.05, 4.69) is 5.32 Å². The molecule has 0 aromatic heterocycles. The van der Waals surface area contributed by atoms with Crippen LogP contribution in [0.5, 0.6) is 0 Å². The van der Waals surface area contributed by atoms with Crippen LogP contribution in [0.2, 0.25) is 0 Å². The molecule has 8 heteroatoms. The largest absolute Gasteiger partial charge is 0.356 e. The molecule has 3 heterocycles. The fraction of sp³-hybridized carbons (Fsp3) is 0.733. The van der Waals surface area contributed by atoms with E-state index >= 15 is 0 Å². The van der Waals surface area contributed by atoms with Gasteiger partial charge in [-0.2, -0.15) is 0 Å². The Bertz CT molecular complexity index is 560. The van der Waals surface area contributed by atoms with Gasteiger partial charge in [-0.15, -0.1) is 0 Å². The van der Waals surface area contributed by atoms with Crippen molar-refractivity contribution in [2.45, 2.75) is 68.8 Å². The molecule has 1 amide bonds. The van der Waals surface area contributed by atoms with Crippen molar-refractivity contribution in [3.8, 4) is 0 Å². The van der Waals surface area contributed by atoms with Crippen molar-refractivity contribution in [2.75, 3.05) is 0 Å². The third-order valence-corrected chi connectivity index (χ3v) is 5.11. The van der Waals surface area contributed by atoms with Crippen LogP contribution in [0.1, 0.15) is 32.6 Å². The molecule has 1 spiro atoms. The van der Waals surface area contributed by atoms with Gasteiger partial charge in [0.2, 0.25) is 12.3 Å². The normalized spacial score (nSPS) is 44.6. The Morgan fingerprint density at radius 1 is 1.43 bits per heavy atom. The van der Waals surface area contributed by atoms with Gasteiger partial charge in [-0.3, -0.25) is 4.79 Å². The molecule has 3 fully saturated rings. The third-order valence-electron chi connectivity index (χ3n) is 5.11. The fourth-order valence-corrected chi connectivity index (χ4v) is 4.07. The second-order valence-electron chi connectivity index (χ2n) is 6.68. The number of aldehydes is 1. The average Bonchev–Trinajstić information content (AvgIpc) is 3.13. The van der Waals surface area contributed by atoms with Crippen molar-refractivity contribution in [2.24, 2.45) is 0 Å². The number of hydrogen-bond donors (Lipinski definition) is 2. The van der Waals surface area contributed by atoms with Gasteiger partial charge in [-0.25, -0.2) is 0 Å². The first kappa shape index (κ1) is 15.1. The fourth-order valence-electron chi connectivity index (χ4n) is 4.07. The van der Waals surface area contributed by atoms with Crippen molar-refractivity contribution in [3.63, 3.8) is 0 Å². The molecule has 3 aliphatic heterocycles. The van der Waals surface area contributed by atoms with E-state index in [-0.39, 0.29) is 0 Å². The SMILES string of the molecule is C[C@@]12OC3(CCCC3)O[C@@H]1[C@@H](C=O)O[C@H]2N1C=CC(=O)NC1O. The summed E-state index contributed by atoms with van der Waals surface area (Å²) in [6.45, 7) is 1.83. The number of ether oxygens (including phenoxy) is 3. The van der Waals surface area contributed by atoms with Gasteiger partial charge >= 0.3 is 0 Å². The maximum Gasteiger partial charge on any atom is 0.248 e. The Labute approximate surface area is 133 Å². The summed E-state index contributed by atoms with van der Waals surface area (Å²) in [5.41, 5.74) is -0.913. The molecule has 126 valence electrons. The third kappa shape index (κ3) is 2.13. The molecule has 2 saturated heterocycles. The summed E-state index contributed by atoms with van der Waals surface area (Å²) in [6, 6.07) is 0. The lowest BCUT2D eigenvalue weighted by molar-refractivity contribution is -0.244. The predicted molar refractivity (Wildman–Crippen MR) is 75.4 cm³/mol. The van der Waals surface area contributed by atoms with Crippen LogP contribution in [-0.2, 0) is 23.8 Å². The molecular weight excluding hydrogens is 304 g/mol. The minimum Gasteiger partial charge on any atom is -0.356 e. The molecule has 4 aliphatic rings. The minimum atomic E-state index is -1.25. The minimum absolute atomic E-state index is 0.392. The van der Waals surface area contributed by atoms with Crippen molar-refractivity contribution >= 4 is 12.2 Å². The van der Waals surface area contributed by atoms with E-state index in [9.17, 15) is 14.7 Å². The first-order valence-electron chi connectivity index (χ1n) is 7.90. The highest BCUT2D eigenvalue weighted by atomic mass is 16.8. The molecule has 2 N–H and O–H groups in total. The number of nitrogens with one attached hydrogen (secondary N) is 1. The molecule has 1 saturated carbocycles. The quantitative estimate of drug-likeness (QED) is 0.666. The zero-order valence-corrected chi connectivity index (χ0v) is 12.8. The summed E-state index contributed by atoms with van der Waals surface area (Å²) in [6.07, 6.45) is 3.75. The highest BCUT2D eigenvalue weighted by Crippen LogP contribution is 2.52. The van der Waals surface area contributed by atoms with Gasteiger partial charge in [0.1, 0.15) is 17.8 Å². The molecule has 23 heavy (non-hydrogen) atoms. The molecule has 0 aromatic carbocycles. The van der Waals surface area contributed by atoms with Crippen molar-refractivity contribution in [3.05, 3.63) is 12.3 Å². The predicted octanol–water partition coefficient (Wildman–Crippen LogP) is -0.424. The summed E-state index contributed by atoms with van der Waals surface area (Å²) >= 11 is 0. The second-order valence-corrected chi connectivity index (χ2v) is 6.68. The van der Waals surface area contributed by atoms with Crippen LogP contribution >= 0.6 is 0 Å². The molecule has 5 atom stereocenters. The smallest absolute Gasteiger partial charge is 0.248 e. The molecule has 0 aromatic rings. The lowest BCUT2D eigenvalue weighted by atomic mass is 9.96. The van der Waals surface area contributed by atoms with Gasteiger partial charge in [0.05, 0.1) is 0 Å². The van der Waals surface area contributed by atoms with E-state index < -0.39 is 42.1 Å². The van der Waals surface area contributed by atoms with Crippen LogP contribution in [0.15, 0.2) is 12.3 Å². The monoisotopic (exact) mass is 324 g/mol. The second kappa shape index (κ2) is 5.01. The Kier molecular flexibility index (Phi) is 3.28. The number of nitrogens with zero attached hydrogens (tertiary/aromatic N) is 1.